The number of piperidine rings is 1. The highest BCUT2D eigenvalue weighted by atomic mass is 19.1. The van der Waals surface area contributed by atoms with E-state index in [4.69, 9.17) is 16.0 Å². The van der Waals surface area contributed by atoms with Crippen LogP contribution in [0, 0.1) is 17.1 Å². The number of benzene rings is 1. The Kier molecular flexibility index (Phi) is 7.59. The highest BCUT2D eigenvalue weighted by molar-refractivity contribution is 6.04. The Labute approximate surface area is 259 Å². The van der Waals surface area contributed by atoms with Gasteiger partial charge in [0.05, 0.1) is 35.4 Å². The summed E-state index contributed by atoms with van der Waals surface area (Å²) in [6.45, 7) is 3.27. The summed E-state index contributed by atoms with van der Waals surface area (Å²) < 4.78 is 13.5. The van der Waals surface area contributed by atoms with Crippen molar-refractivity contribution in [2.75, 3.05) is 35.2 Å². The maximum Gasteiger partial charge on any atom is 0.234 e. The van der Waals surface area contributed by atoms with Gasteiger partial charge in [-0.1, -0.05) is 18.2 Å². The lowest BCUT2D eigenvalue weighted by Crippen LogP contribution is -2.38. The van der Waals surface area contributed by atoms with Gasteiger partial charge in [0.25, 0.3) is 0 Å². The lowest BCUT2D eigenvalue weighted by Gasteiger charge is -2.32. The zero-order chi connectivity index (χ0) is 30.8. The summed E-state index contributed by atoms with van der Waals surface area (Å²) in [7, 11) is 0. The number of rotatable bonds is 6. The second-order valence-electron chi connectivity index (χ2n) is 11.0. The Morgan fingerprint density at radius 1 is 1.00 bits per heavy atom. The number of halogens is 1. The molecule has 0 bridgehead atoms. The summed E-state index contributed by atoms with van der Waals surface area (Å²) in [4.78, 5) is 26.3. The average Bonchev–Trinajstić information content (AvgIpc) is 3.45. The van der Waals surface area contributed by atoms with Crippen LogP contribution in [0.5, 0.6) is 0 Å². The molecule has 3 aliphatic heterocycles. The van der Waals surface area contributed by atoms with Gasteiger partial charge < -0.3 is 16.4 Å². The van der Waals surface area contributed by atoms with E-state index in [9.17, 15) is 4.39 Å². The molecule has 45 heavy (non-hydrogen) atoms. The first-order chi connectivity index (χ1) is 22.0. The number of dihydropyridines is 1. The van der Waals surface area contributed by atoms with E-state index in [1.807, 2.05) is 35.3 Å². The molecule has 4 aromatic rings. The number of nitrogens with zero attached hydrogens (tertiary/aromatic N) is 8. The summed E-state index contributed by atoms with van der Waals surface area (Å²) in [5.74, 6) is 2.39. The molecular formula is C33H30FN11. The Morgan fingerprint density at radius 2 is 1.82 bits per heavy atom. The van der Waals surface area contributed by atoms with Crippen molar-refractivity contribution in [3.8, 4) is 17.5 Å². The number of aliphatic imine (C=N–C) groups is 1. The van der Waals surface area contributed by atoms with Crippen molar-refractivity contribution in [3.05, 3.63) is 108 Å². The molecule has 224 valence electrons. The lowest BCUT2D eigenvalue weighted by molar-refractivity contribution is 0.211. The lowest BCUT2D eigenvalue weighted by atomic mass is 10.0. The Morgan fingerprint density at radius 3 is 2.58 bits per heavy atom. The predicted octanol–water partition coefficient (Wildman–Crippen LogP) is 4.72. The van der Waals surface area contributed by atoms with E-state index >= 15 is 0 Å². The van der Waals surface area contributed by atoms with Crippen molar-refractivity contribution >= 4 is 28.8 Å². The largest absolute Gasteiger partial charge is 0.383 e. The molecule has 0 saturated carbocycles. The predicted molar refractivity (Wildman–Crippen MR) is 171 cm³/mol. The van der Waals surface area contributed by atoms with Crippen LogP contribution in [0.25, 0.3) is 11.4 Å². The third-order valence-corrected chi connectivity index (χ3v) is 8.03. The number of aromatic nitrogens is 4. The van der Waals surface area contributed by atoms with Gasteiger partial charge in [-0.05, 0) is 66.9 Å². The SMILES string of the molecule is N#Cc1nccc(NC2CCN(Cc3ccc(N4/C(=C5\C=CCN=C5N)Nc5ccc(-c6ccc(F)cn6)nc54)cc3)CC2)n1. The van der Waals surface area contributed by atoms with Crippen molar-refractivity contribution in [2.24, 2.45) is 10.7 Å². The van der Waals surface area contributed by atoms with E-state index in [2.05, 4.69) is 59.7 Å². The van der Waals surface area contributed by atoms with E-state index in [0.717, 1.165) is 55.2 Å². The van der Waals surface area contributed by atoms with Crippen LogP contribution in [-0.4, -0.2) is 56.3 Å². The van der Waals surface area contributed by atoms with E-state index < -0.39 is 5.82 Å². The number of hydrogen-bond acceptors (Lipinski definition) is 11. The molecule has 3 aliphatic rings. The molecule has 4 N–H and O–H groups in total. The van der Waals surface area contributed by atoms with E-state index in [-0.39, 0.29) is 5.82 Å². The molecule has 12 heteroatoms. The van der Waals surface area contributed by atoms with Gasteiger partial charge >= 0.3 is 0 Å². The molecule has 0 aliphatic carbocycles. The maximum atomic E-state index is 13.5. The van der Waals surface area contributed by atoms with Crippen LogP contribution >= 0.6 is 0 Å². The molecular weight excluding hydrogens is 569 g/mol. The standard InChI is InChI=1S/C33H30FN11/c34-22-5-8-26(39-19-22)27-9-10-28-33(41-27)45(32(42-28)25-2-1-14-38-31(25)36)24-6-3-21(4-7-24)20-44-16-12-23(13-17-44)40-29-11-15-37-30(18-35)43-29/h1-11,15,19,23,42H,12-14,16-17,20H2,(H2,36,38)(H,37,40,43)/b32-25+. The number of nitriles is 1. The summed E-state index contributed by atoms with van der Waals surface area (Å²) in [6.07, 6.45) is 8.71. The van der Waals surface area contributed by atoms with Crippen molar-refractivity contribution in [2.45, 2.75) is 25.4 Å². The zero-order valence-corrected chi connectivity index (χ0v) is 24.4. The second kappa shape index (κ2) is 12.1. The number of hydrogen-bond donors (Lipinski definition) is 3. The Hall–Kier alpha value is -5.67. The number of fused-ring (bicyclic) bond motifs is 1. The average molecular weight is 600 g/mol. The van der Waals surface area contributed by atoms with Crippen LogP contribution in [-0.2, 0) is 6.54 Å². The van der Waals surface area contributed by atoms with Gasteiger partial charge in [0, 0.05) is 37.6 Å². The molecule has 1 aromatic carbocycles. The summed E-state index contributed by atoms with van der Waals surface area (Å²) in [6, 6.07) is 19.4. The molecule has 6 heterocycles. The van der Waals surface area contributed by atoms with Gasteiger partial charge in [-0.2, -0.15) is 5.26 Å². The number of nitrogens with one attached hydrogen (secondary N) is 2. The third-order valence-electron chi connectivity index (χ3n) is 8.03. The first kappa shape index (κ1) is 28.1. The van der Waals surface area contributed by atoms with Crippen LogP contribution in [0.4, 0.5) is 27.4 Å². The van der Waals surface area contributed by atoms with Crippen LogP contribution in [0.1, 0.15) is 24.2 Å². The monoisotopic (exact) mass is 599 g/mol. The van der Waals surface area contributed by atoms with Gasteiger partial charge in [-0.3, -0.25) is 19.8 Å². The number of nitrogens with two attached hydrogens (primary N) is 1. The number of amidine groups is 1. The molecule has 1 saturated heterocycles. The van der Waals surface area contributed by atoms with Gasteiger partial charge in [-0.25, -0.2) is 19.3 Å². The van der Waals surface area contributed by atoms with Crippen molar-refractivity contribution in [1.29, 1.82) is 5.26 Å². The quantitative estimate of drug-likeness (QED) is 0.285. The maximum absolute atomic E-state index is 13.5. The molecule has 0 amide bonds. The minimum Gasteiger partial charge on any atom is -0.383 e. The molecule has 0 spiro atoms. The first-order valence-electron chi connectivity index (χ1n) is 14.8. The van der Waals surface area contributed by atoms with E-state index in [1.54, 1.807) is 18.3 Å². The molecule has 0 radical (unpaired) electrons. The summed E-state index contributed by atoms with van der Waals surface area (Å²) in [5, 5.41) is 16.0. The molecule has 11 nitrogen and oxygen atoms in total. The Balaban J connectivity index is 1.10. The topological polar surface area (TPSA) is 144 Å². The normalized spacial score (nSPS) is 18.2. The van der Waals surface area contributed by atoms with E-state index in [0.29, 0.717) is 41.4 Å². The Bertz CT molecular complexity index is 1850. The minimum absolute atomic E-state index is 0.172. The molecule has 3 aromatic heterocycles. The first-order valence-corrected chi connectivity index (χ1v) is 14.8. The molecule has 1 fully saturated rings. The fraction of sp³-hybridized carbons (Fsp3) is 0.212. The summed E-state index contributed by atoms with van der Waals surface area (Å²) >= 11 is 0. The van der Waals surface area contributed by atoms with Crippen molar-refractivity contribution in [3.63, 3.8) is 0 Å². The summed E-state index contributed by atoms with van der Waals surface area (Å²) in [5.41, 5.74) is 11.3. The van der Waals surface area contributed by atoms with E-state index in [1.165, 1.54) is 17.8 Å². The third kappa shape index (κ3) is 5.93. The van der Waals surface area contributed by atoms with Crippen molar-refractivity contribution in [1.82, 2.24) is 24.8 Å². The molecule has 0 atom stereocenters. The second-order valence-corrected chi connectivity index (χ2v) is 11.0. The van der Waals surface area contributed by atoms with Crippen LogP contribution in [0.3, 0.4) is 0 Å². The fourth-order valence-corrected chi connectivity index (χ4v) is 5.75. The highest BCUT2D eigenvalue weighted by Crippen LogP contribution is 2.43. The number of pyridine rings is 2. The minimum atomic E-state index is -0.396. The zero-order valence-electron chi connectivity index (χ0n) is 24.4. The van der Waals surface area contributed by atoms with Gasteiger partial charge in [0.15, 0.2) is 5.82 Å². The highest BCUT2D eigenvalue weighted by Gasteiger charge is 2.31. The van der Waals surface area contributed by atoms with Gasteiger partial charge in [0.2, 0.25) is 5.82 Å². The molecule has 0 unspecified atom stereocenters. The fourth-order valence-electron chi connectivity index (χ4n) is 5.75. The van der Waals surface area contributed by atoms with Crippen LogP contribution in [0.2, 0.25) is 0 Å². The number of likely N-dealkylation sites (tertiary alicyclic amines) is 1. The van der Waals surface area contributed by atoms with Crippen LogP contribution < -0.4 is 21.3 Å². The van der Waals surface area contributed by atoms with Crippen LogP contribution in [0.15, 0.2) is 95.5 Å². The van der Waals surface area contributed by atoms with Gasteiger partial charge in [0.1, 0.15) is 29.4 Å². The molecule has 7 rings (SSSR count). The van der Waals surface area contributed by atoms with Crippen molar-refractivity contribution < 1.29 is 4.39 Å². The van der Waals surface area contributed by atoms with Gasteiger partial charge in [-0.15, -0.1) is 0 Å². The smallest absolute Gasteiger partial charge is 0.234 e. The number of anilines is 4.